The van der Waals surface area contributed by atoms with Gasteiger partial charge in [0.1, 0.15) is 5.82 Å². The number of aromatic nitrogens is 4. The number of hydrogen-bond donors (Lipinski definition) is 1. The normalized spacial score (nSPS) is 10.6. The van der Waals surface area contributed by atoms with Crippen LogP contribution in [-0.2, 0) is 0 Å². The summed E-state index contributed by atoms with van der Waals surface area (Å²) in [4.78, 5) is 9.18. The first-order chi connectivity index (χ1) is 10.3. The third kappa shape index (κ3) is 2.91. The highest BCUT2D eigenvalue weighted by Crippen LogP contribution is 2.19. The molecular weight excluding hydrogens is 262 g/mol. The van der Waals surface area contributed by atoms with Crippen molar-refractivity contribution in [3.8, 4) is 17.2 Å². The second-order valence-corrected chi connectivity index (χ2v) is 4.73. The molecule has 3 rings (SSSR count). The van der Waals surface area contributed by atoms with Gasteiger partial charge in [0.2, 0.25) is 0 Å². The first kappa shape index (κ1) is 13.3. The van der Waals surface area contributed by atoms with Crippen molar-refractivity contribution in [1.29, 1.82) is 0 Å². The molecule has 3 aromatic rings. The number of benzene rings is 1. The van der Waals surface area contributed by atoms with Crippen LogP contribution in [0.2, 0.25) is 0 Å². The van der Waals surface area contributed by atoms with E-state index in [1.165, 1.54) is 0 Å². The van der Waals surface area contributed by atoms with Crippen LogP contribution in [0, 0.1) is 6.92 Å². The lowest BCUT2D eigenvalue weighted by molar-refractivity contribution is 0.828. The summed E-state index contributed by atoms with van der Waals surface area (Å²) in [5.41, 5.74) is 1.95. The van der Waals surface area contributed by atoms with Gasteiger partial charge in [-0.15, -0.1) is 0 Å². The van der Waals surface area contributed by atoms with Crippen molar-refractivity contribution >= 4 is 5.82 Å². The minimum absolute atomic E-state index is 0.692. The second-order valence-electron chi connectivity index (χ2n) is 4.73. The highest BCUT2D eigenvalue weighted by molar-refractivity contribution is 5.59. The SMILES string of the molecule is CCNc1cc(-n2ccc(C)n2)nc(-c2ccccc2)n1. The van der Waals surface area contributed by atoms with Gasteiger partial charge in [0, 0.05) is 24.4 Å². The van der Waals surface area contributed by atoms with Crippen molar-refractivity contribution in [2.45, 2.75) is 13.8 Å². The van der Waals surface area contributed by atoms with Gasteiger partial charge in [0.05, 0.1) is 5.69 Å². The molecule has 1 aromatic carbocycles. The summed E-state index contributed by atoms with van der Waals surface area (Å²) in [5, 5.41) is 7.66. The Labute approximate surface area is 123 Å². The van der Waals surface area contributed by atoms with E-state index in [0.29, 0.717) is 5.82 Å². The van der Waals surface area contributed by atoms with Crippen molar-refractivity contribution < 1.29 is 0 Å². The molecule has 0 saturated carbocycles. The van der Waals surface area contributed by atoms with Gasteiger partial charge in [0.25, 0.3) is 0 Å². The molecule has 106 valence electrons. The molecule has 0 aliphatic carbocycles. The Balaban J connectivity index is 2.10. The van der Waals surface area contributed by atoms with Crippen LogP contribution in [0.15, 0.2) is 48.7 Å². The van der Waals surface area contributed by atoms with Crippen molar-refractivity contribution in [2.75, 3.05) is 11.9 Å². The molecule has 0 radical (unpaired) electrons. The zero-order valence-electron chi connectivity index (χ0n) is 12.1. The fourth-order valence-corrected chi connectivity index (χ4v) is 2.08. The van der Waals surface area contributed by atoms with E-state index in [1.54, 1.807) is 4.68 Å². The summed E-state index contributed by atoms with van der Waals surface area (Å²) >= 11 is 0. The number of nitrogens with one attached hydrogen (secondary N) is 1. The smallest absolute Gasteiger partial charge is 0.163 e. The molecule has 5 nitrogen and oxygen atoms in total. The summed E-state index contributed by atoms with van der Waals surface area (Å²) in [5.74, 6) is 2.25. The van der Waals surface area contributed by atoms with Crippen LogP contribution < -0.4 is 5.32 Å². The Hall–Kier alpha value is -2.69. The molecule has 21 heavy (non-hydrogen) atoms. The predicted molar refractivity (Wildman–Crippen MR) is 83.5 cm³/mol. The molecule has 0 saturated heterocycles. The fourth-order valence-electron chi connectivity index (χ4n) is 2.08. The minimum atomic E-state index is 0.692. The Bertz CT molecular complexity index is 733. The van der Waals surface area contributed by atoms with E-state index in [-0.39, 0.29) is 0 Å². The van der Waals surface area contributed by atoms with Crippen LogP contribution in [0.3, 0.4) is 0 Å². The van der Waals surface area contributed by atoms with Gasteiger partial charge in [0.15, 0.2) is 11.6 Å². The van der Waals surface area contributed by atoms with E-state index in [0.717, 1.165) is 29.4 Å². The number of aryl methyl sites for hydroxylation is 1. The predicted octanol–water partition coefficient (Wildman–Crippen LogP) is 3.07. The van der Waals surface area contributed by atoms with E-state index in [9.17, 15) is 0 Å². The molecule has 0 amide bonds. The molecule has 0 bridgehead atoms. The van der Waals surface area contributed by atoms with Crippen LogP contribution in [0.1, 0.15) is 12.6 Å². The van der Waals surface area contributed by atoms with Crippen molar-refractivity contribution in [1.82, 2.24) is 19.7 Å². The molecule has 0 aliphatic heterocycles. The highest BCUT2D eigenvalue weighted by Gasteiger charge is 2.08. The van der Waals surface area contributed by atoms with E-state index >= 15 is 0 Å². The Morgan fingerprint density at radius 1 is 1.10 bits per heavy atom. The molecular formula is C16H17N5. The van der Waals surface area contributed by atoms with E-state index in [2.05, 4.69) is 20.4 Å². The second kappa shape index (κ2) is 5.75. The van der Waals surface area contributed by atoms with Gasteiger partial charge >= 0.3 is 0 Å². The van der Waals surface area contributed by atoms with Gasteiger partial charge in [-0.1, -0.05) is 30.3 Å². The summed E-state index contributed by atoms with van der Waals surface area (Å²) in [6.45, 7) is 4.81. The van der Waals surface area contributed by atoms with Crippen LogP contribution in [0.25, 0.3) is 17.2 Å². The zero-order chi connectivity index (χ0) is 14.7. The molecule has 0 unspecified atom stereocenters. The Morgan fingerprint density at radius 3 is 2.57 bits per heavy atom. The van der Waals surface area contributed by atoms with Gasteiger partial charge in [-0.05, 0) is 19.9 Å². The van der Waals surface area contributed by atoms with Crippen molar-refractivity contribution in [3.05, 3.63) is 54.4 Å². The Kier molecular flexibility index (Phi) is 3.64. The molecule has 0 aliphatic rings. The maximum Gasteiger partial charge on any atom is 0.163 e. The molecule has 0 spiro atoms. The monoisotopic (exact) mass is 279 g/mol. The molecule has 5 heteroatoms. The van der Waals surface area contributed by atoms with Gasteiger partial charge in [-0.3, -0.25) is 0 Å². The van der Waals surface area contributed by atoms with Crippen molar-refractivity contribution in [2.24, 2.45) is 0 Å². The van der Waals surface area contributed by atoms with Crippen LogP contribution in [0.4, 0.5) is 5.82 Å². The van der Waals surface area contributed by atoms with E-state index < -0.39 is 0 Å². The average Bonchev–Trinajstić information content (AvgIpc) is 2.95. The Morgan fingerprint density at radius 2 is 1.90 bits per heavy atom. The van der Waals surface area contributed by atoms with Crippen LogP contribution in [-0.4, -0.2) is 26.3 Å². The van der Waals surface area contributed by atoms with E-state index in [4.69, 9.17) is 0 Å². The number of rotatable bonds is 4. The highest BCUT2D eigenvalue weighted by atomic mass is 15.3. The van der Waals surface area contributed by atoms with Crippen LogP contribution in [0.5, 0.6) is 0 Å². The first-order valence-corrected chi connectivity index (χ1v) is 6.97. The summed E-state index contributed by atoms with van der Waals surface area (Å²) in [7, 11) is 0. The number of anilines is 1. The first-order valence-electron chi connectivity index (χ1n) is 6.97. The topological polar surface area (TPSA) is 55.6 Å². The molecule has 2 aromatic heterocycles. The summed E-state index contributed by atoms with van der Waals surface area (Å²) < 4.78 is 1.77. The lowest BCUT2D eigenvalue weighted by atomic mass is 10.2. The fraction of sp³-hybridized carbons (Fsp3) is 0.188. The maximum absolute atomic E-state index is 4.62. The van der Waals surface area contributed by atoms with Gasteiger partial charge in [-0.2, -0.15) is 5.10 Å². The van der Waals surface area contributed by atoms with Crippen molar-refractivity contribution in [3.63, 3.8) is 0 Å². The lowest BCUT2D eigenvalue weighted by Gasteiger charge is -2.09. The number of hydrogen-bond acceptors (Lipinski definition) is 4. The standard InChI is InChI=1S/C16H17N5/c1-3-17-14-11-15(21-10-9-12(2)20-21)19-16(18-14)13-7-5-4-6-8-13/h4-11H,3H2,1-2H3,(H,17,18,19). The minimum Gasteiger partial charge on any atom is -0.370 e. The zero-order valence-corrected chi connectivity index (χ0v) is 12.1. The maximum atomic E-state index is 4.62. The summed E-state index contributed by atoms with van der Waals surface area (Å²) in [6.07, 6.45) is 1.90. The third-order valence-electron chi connectivity index (χ3n) is 3.06. The largest absolute Gasteiger partial charge is 0.370 e. The van der Waals surface area contributed by atoms with Gasteiger partial charge in [-0.25, -0.2) is 14.6 Å². The quantitative estimate of drug-likeness (QED) is 0.797. The molecule has 0 atom stereocenters. The van der Waals surface area contributed by atoms with E-state index in [1.807, 2.05) is 62.5 Å². The lowest BCUT2D eigenvalue weighted by Crippen LogP contribution is -2.06. The molecule has 0 fully saturated rings. The third-order valence-corrected chi connectivity index (χ3v) is 3.06. The average molecular weight is 279 g/mol. The van der Waals surface area contributed by atoms with Gasteiger partial charge < -0.3 is 5.32 Å². The number of nitrogens with zero attached hydrogens (tertiary/aromatic N) is 4. The molecule has 1 N–H and O–H groups in total. The van der Waals surface area contributed by atoms with Crippen LogP contribution >= 0.6 is 0 Å². The molecule has 2 heterocycles. The summed E-state index contributed by atoms with van der Waals surface area (Å²) in [6, 6.07) is 13.8.